The van der Waals surface area contributed by atoms with Crippen LogP contribution < -0.4 is 0 Å². The highest BCUT2D eigenvalue weighted by molar-refractivity contribution is 5.83. The highest BCUT2D eigenvalue weighted by Gasteiger charge is 2.23. The van der Waals surface area contributed by atoms with Crippen LogP contribution in [-0.4, -0.2) is 52.4 Å². The van der Waals surface area contributed by atoms with Crippen LogP contribution in [0.25, 0.3) is 22.2 Å². The molecule has 0 radical (unpaired) electrons. The first-order valence-electron chi connectivity index (χ1n) is 9.98. The van der Waals surface area contributed by atoms with E-state index in [9.17, 15) is 4.79 Å². The van der Waals surface area contributed by atoms with Gasteiger partial charge in [-0.05, 0) is 55.8 Å². The Balaban J connectivity index is 1.67. The van der Waals surface area contributed by atoms with Gasteiger partial charge in [-0.3, -0.25) is 4.79 Å². The predicted octanol–water partition coefficient (Wildman–Crippen LogP) is 3.95. The van der Waals surface area contributed by atoms with Crippen LogP contribution >= 0.6 is 0 Å². The molecule has 4 rings (SSSR count). The van der Waals surface area contributed by atoms with Crippen molar-refractivity contribution in [3.8, 4) is 11.1 Å². The monoisotopic (exact) mass is 376 g/mol. The number of imidazole rings is 1. The molecular formula is C23H28N4O. The van der Waals surface area contributed by atoms with E-state index < -0.39 is 0 Å². The van der Waals surface area contributed by atoms with Crippen LogP contribution in [-0.2, 0) is 11.3 Å². The molecule has 1 aromatic heterocycles. The highest BCUT2D eigenvalue weighted by atomic mass is 16.2. The summed E-state index contributed by atoms with van der Waals surface area (Å²) in [7, 11) is 4.20. The molecule has 0 spiro atoms. The fourth-order valence-electron chi connectivity index (χ4n) is 4.22. The Bertz CT molecular complexity index is 983. The number of hydrogen-bond donors (Lipinski definition) is 0. The van der Waals surface area contributed by atoms with Crippen molar-refractivity contribution in [2.24, 2.45) is 0 Å². The maximum absolute atomic E-state index is 11.6. The summed E-state index contributed by atoms with van der Waals surface area (Å²) in [5.41, 5.74) is 6.04. The lowest BCUT2D eigenvalue weighted by Gasteiger charge is -2.32. The SMILES string of the molecule is CC(=O)N1CCC(n2cnc3ccc(-c4ccccc4CN(C)C)cc32)CC1. The minimum Gasteiger partial charge on any atom is -0.343 e. The second-order valence-electron chi connectivity index (χ2n) is 7.99. The third-order valence-electron chi connectivity index (χ3n) is 5.69. The van der Waals surface area contributed by atoms with Crippen molar-refractivity contribution in [2.45, 2.75) is 32.4 Å². The zero-order valence-corrected chi connectivity index (χ0v) is 16.9. The van der Waals surface area contributed by atoms with E-state index in [1.54, 1.807) is 6.92 Å². The van der Waals surface area contributed by atoms with Crippen molar-refractivity contribution >= 4 is 16.9 Å². The summed E-state index contributed by atoms with van der Waals surface area (Å²) >= 11 is 0. The molecule has 0 saturated carbocycles. The van der Waals surface area contributed by atoms with Crippen molar-refractivity contribution in [3.63, 3.8) is 0 Å². The number of piperidine rings is 1. The first-order chi connectivity index (χ1) is 13.5. The molecule has 3 aromatic rings. The van der Waals surface area contributed by atoms with Crippen LogP contribution in [0.15, 0.2) is 48.8 Å². The topological polar surface area (TPSA) is 41.4 Å². The van der Waals surface area contributed by atoms with Gasteiger partial charge in [0, 0.05) is 32.6 Å². The van der Waals surface area contributed by atoms with E-state index in [1.807, 2.05) is 11.2 Å². The van der Waals surface area contributed by atoms with Gasteiger partial charge in [-0.25, -0.2) is 4.98 Å². The summed E-state index contributed by atoms with van der Waals surface area (Å²) in [5, 5.41) is 0. The van der Waals surface area contributed by atoms with Gasteiger partial charge in [0.1, 0.15) is 0 Å². The standard InChI is InChI=1S/C23H28N4O/c1-17(28)26-12-10-20(11-13-26)27-16-24-22-9-8-18(14-23(22)27)21-7-5-4-6-19(21)15-25(2)3/h4-9,14,16,20H,10-13,15H2,1-3H3. The van der Waals surface area contributed by atoms with Crippen LogP contribution in [0, 0.1) is 0 Å². The van der Waals surface area contributed by atoms with Crippen LogP contribution in [0.4, 0.5) is 0 Å². The molecule has 0 atom stereocenters. The molecule has 1 saturated heterocycles. The largest absolute Gasteiger partial charge is 0.343 e. The Kier molecular flexibility index (Phi) is 5.18. The lowest BCUT2D eigenvalue weighted by molar-refractivity contribution is -0.130. The molecule has 28 heavy (non-hydrogen) atoms. The lowest BCUT2D eigenvalue weighted by atomic mass is 9.98. The average Bonchev–Trinajstić information content (AvgIpc) is 3.11. The Morgan fingerprint density at radius 2 is 1.89 bits per heavy atom. The second-order valence-corrected chi connectivity index (χ2v) is 7.99. The number of benzene rings is 2. The summed E-state index contributed by atoms with van der Waals surface area (Å²) in [6.07, 6.45) is 3.92. The Labute approximate surface area is 166 Å². The van der Waals surface area contributed by atoms with Gasteiger partial charge in [0.25, 0.3) is 0 Å². The van der Waals surface area contributed by atoms with Crippen molar-refractivity contribution in [2.75, 3.05) is 27.2 Å². The van der Waals surface area contributed by atoms with E-state index in [0.717, 1.165) is 38.0 Å². The number of likely N-dealkylation sites (tertiary alicyclic amines) is 1. The van der Waals surface area contributed by atoms with Crippen molar-refractivity contribution < 1.29 is 4.79 Å². The van der Waals surface area contributed by atoms with Gasteiger partial charge in [0.15, 0.2) is 0 Å². The molecule has 1 amide bonds. The van der Waals surface area contributed by atoms with Crippen LogP contribution in [0.1, 0.15) is 31.4 Å². The van der Waals surface area contributed by atoms with Crippen molar-refractivity contribution in [1.82, 2.24) is 19.4 Å². The summed E-state index contributed by atoms with van der Waals surface area (Å²) in [6, 6.07) is 15.6. The van der Waals surface area contributed by atoms with Gasteiger partial charge in [0.05, 0.1) is 17.4 Å². The number of hydrogen-bond acceptors (Lipinski definition) is 3. The molecule has 0 aliphatic carbocycles. The van der Waals surface area contributed by atoms with E-state index in [4.69, 9.17) is 0 Å². The third-order valence-corrected chi connectivity index (χ3v) is 5.69. The zero-order chi connectivity index (χ0) is 19.7. The maximum Gasteiger partial charge on any atom is 0.219 e. The summed E-state index contributed by atoms with van der Waals surface area (Å²) in [5.74, 6) is 0.175. The molecule has 2 heterocycles. The molecule has 5 nitrogen and oxygen atoms in total. The van der Waals surface area contributed by atoms with Crippen LogP contribution in [0.3, 0.4) is 0 Å². The average molecular weight is 377 g/mol. The van der Waals surface area contributed by atoms with E-state index >= 15 is 0 Å². The van der Waals surface area contributed by atoms with Gasteiger partial charge >= 0.3 is 0 Å². The van der Waals surface area contributed by atoms with Crippen molar-refractivity contribution in [1.29, 1.82) is 0 Å². The highest BCUT2D eigenvalue weighted by Crippen LogP contribution is 2.31. The molecule has 1 aliphatic rings. The van der Waals surface area contributed by atoms with Gasteiger partial charge in [-0.15, -0.1) is 0 Å². The number of nitrogens with zero attached hydrogens (tertiary/aromatic N) is 4. The summed E-state index contributed by atoms with van der Waals surface area (Å²) in [6.45, 7) is 4.22. The predicted molar refractivity (Wildman–Crippen MR) is 113 cm³/mol. The first-order valence-corrected chi connectivity index (χ1v) is 9.98. The smallest absolute Gasteiger partial charge is 0.219 e. The number of fused-ring (bicyclic) bond motifs is 1. The van der Waals surface area contributed by atoms with Gasteiger partial charge < -0.3 is 14.4 Å². The lowest BCUT2D eigenvalue weighted by Crippen LogP contribution is -2.37. The van der Waals surface area contributed by atoms with Crippen LogP contribution in [0.5, 0.6) is 0 Å². The molecule has 0 unspecified atom stereocenters. The molecule has 1 aliphatic heterocycles. The van der Waals surface area contributed by atoms with Gasteiger partial charge in [-0.1, -0.05) is 30.3 Å². The molecule has 1 fully saturated rings. The molecule has 5 heteroatoms. The summed E-state index contributed by atoms with van der Waals surface area (Å²) < 4.78 is 2.31. The Morgan fingerprint density at radius 1 is 1.14 bits per heavy atom. The maximum atomic E-state index is 11.6. The number of carbonyl (C=O) groups excluding carboxylic acids is 1. The minimum atomic E-state index is 0.175. The number of amides is 1. The molecule has 2 aromatic carbocycles. The first kappa shape index (κ1) is 18.7. The van der Waals surface area contributed by atoms with E-state index in [1.165, 1.54) is 22.2 Å². The number of aromatic nitrogens is 2. The fourth-order valence-corrected chi connectivity index (χ4v) is 4.22. The second kappa shape index (κ2) is 7.76. The molecule has 0 bridgehead atoms. The fraction of sp³-hybridized carbons (Fsp3) is 0.391. The molecule has 146 valence electrons. The molecule has 0 N–H and O–H groups in total. The number of rotatable bonds is 4. The van der Waals surface area contributed by atoms with E-state index in [2.05, 4.69) is 71.0 Å². The molecular weight excluding hydrogens is 348 g/mol. The van der Waals surface area contributed by atoms with Crippen molar-refractivity contribution in [3.05, 3.63) is 54.4 Å². The van der Waals surface area contributed by atoms with E-state index in [0.29, 0.717) is 6.04 Å². The zero-order valence-electron chi connectivity index (χ0n) is 16.9. The summed E-state index contributed by atoms with van der Waals surface area (Å²) in [4.78, 5) is 20.4. The Morgan fingerprint density at radius 3 is 2.61 bits per heavy atom. The Hall–Kier alpha value is -2.66. The van der Waals surface area contributed by atoms with Gasteiger partial charge in [0.2, 0.25) is 5.91 Å². The quantitative estimate of drug-likeness (QED) is 0.692. The van der Waals surface area contributed by atoms with Crippen LogP contribution in [0.2, 0.25) is 0 Å². The van der Waals surface area contributed by atoms with Gasteiger partial charge in [-0.2, -0.15) is 0 Å². The number of carbonyl (C=O) groups is 1. The normalized spacial score (nSPS) is 15.5. The minimum absolute atomic E-state index is 0.175. The third kappa shape index (κ3) is 3.67. The van der Waals surface area contributed by atoms with E-state index in [-0.39, 0.29) is 5.91 Å².